The predicted molar refractivity (Wildman–Crippen MR) is 77.5 cm³/mol. The molecule has 2 N–H and O–H groups in total. The smallest absolute Gasteiger partial charge is 0.303 e. The lowest BCUT2D eigenvalue weighted by molar-refractivity contribution is -0.137. The molecule has 0 aromatic heterocycles. The van der Waals surface area contributed by atoms with E-state index in [1.54, 1.807) is 17.8 Å². The second-order valence-electron chi connectivity index (χ2n) is 3.89. The number of carbonyl (C=O) groups is 2. The van der Waals surface area contributed by atoms with Crippen LogP contribution in [-0.2, 0) is 9.59 Å². The summed E-state index contributed by atoms with van der Waals surface area (Å²) in [6.45, 7) is 3.66. The van der Waals surface area contributed by atoms with Gasteiger partial charge in [0, 0.05) is 23.5 Å². The fourth-order valence-electron chi connectivity index (χ4n) is 1.46. The summed E-state index contributed by atoms with van der Waals surface area (Å²) in [7, 11) is 0. The summed E-state index contributed by atoms with van der Waals surface area (Å²) in [5, 5.41) is 11.3. The molecular formula is C14H17NO3S. The third kappa shape index (κ3) is 6.10. The van der Waals surface area contributed by atoms with Crippen LogP contribution in [-0.4, -0.2) is 22.7 Å². The first kappa shape index (κ1) is 15.3. The molecule has 0 saturated heterocycles. The van der Waals surface area contributed by atoms with Crippen molar-refractivity contribution >= 4 is 29.3 Å². The van der Waals surface area contributed by atoms with Crippen LogP contribution in [0.5, 0.6) is 0 Å². The molecule has 5 heteroatoms. The average Bonchev–Trinajstić information content (AvgIpc) is 2.37. The standard InChI is InChI=1S/C14H17NO3S/c1-2-10-19-12-7-4-3-6-11(12)15-13(16)8-5-9-14(17)18/h2-4,6-7H,1,5,8-10H2,(H,15,16)(H,17,18). The Kier molecular flexibility index (Phi) is 6.74. The zero-order chi connectivity index (χ0) is 14.1. The molecule has 0 spiro atoms. The fourth-order valence-corrected chi connectivity index (χ4v) is 2.20. The SMILES string of the molecule is C=CCSc1ccccc1NC(=O)CCCC(=O)O. The highest BCUT2D eigenvalue weighted by Gasteiger charge is 2.07. The average molecular weight is 279 g/mol. The number of nitrogens with one attached hydrogen (secondary N) is 1. The van der Waals surface area contributed by atoms with Gasteiger partial charge in [0.05, 0.1) is 5.69 Å². The maximum atomic E-state index is 11.7. The summed E-state index contributed by atoms with van der Waals surface area (Å²) in [5.74, 6) is -0.269. The van der Waals surface area contributed by atoms with Gasteiger partial charge < -0.3 is 10.4 Å². The van der Waals surface area contributed by atoms with Crippen LogP contribution >= 0.6 is 11.8 Å². The maximum absolute atomic E-state index is 11.7. The number of benzene rings is 1. The van der Waals surface area contributed by atoms with Crippen molar-refractivity contribution in [3.63, 3.8) is 0 Å². The van der Waals surface area contributed by atoms with Gasteiger partial charge in [0.25, 0.3) is 0 Å². The predicted octanol–water partition coefficient (Wildman–Crippen LogP) is 3.16. The molecule has 0 fully saturated rings. The minimum atomic E-state index is -0.880. The van der Waals surface area contributed by atoms with Gasteiger partial charge in [-0.25, -0.2) is 0 Å². The Balaban J connectivity index is 2.53. The van der Waals surface area contributed by atoms with E-state index in [0.29, 0.717) is 6.42 Å². The van der Waals surface area contributed by atoms with Crippen LogP contribution in [0.25, 0.3) is 0 Å². The molecule has 19 heavy (non-hydrogen) atoms. The molecule has 0 atom stereocenters. The molecule has 1 amide bonds. The Labute approximate surface area is 116 Å². The summed E-state index contributed by atoms with van der Waals surface area (Å²) in [4.78, 5) is 23.0. The highest BCUT2D eigenvalue weighted by molar-refractivity contribution is 7.99. The van der Waals surface area contributed by atoms with E-state index in [0.717, 1.165) is 16.3 Å². The number of hydrogen-bond donors (Lipinski definition) is 2. The summed E-state index contributed by atoms with van der Waals surface area (Å²) >= 11 is 1.59. The molecule has 1 aromatic rings. The minimum absolute atomic E-state index is 0.0142. The number of carbonyl (C=O) groups excluding carboxylic acids is 1. The largest absolute Gasteiger partial charge is 0.481 e. The highest BCUT2D eigenvalue weighted by Crippen LogP contribution is 2.27. The highest BCUT2D eigenvalue weighted by atomic mass is 32.2. The van der Waals surface area contributed by atoms with Gasteiger partial charge in [-0.2, -0.15) is 0 Å². The number of carboxylic acid groups (broad SMARTS) is 1. The molecular weight excluding hydrogens is 262 g/mol. The molecule has 102 valence electrons. The van der Waals surface area contributed by atoms with Crippen LogP contribution in [0.2, 0.25) is 0 Å². The van der Waals surface area contributed by atoms with Crippen LogP contribution in [0.1, 0.15) is 19.3 Å². The van der Waals surface area contributed by atoms with Crippen molar-refractivity contribution in [1.29, 1.82) is 0 Å². The van der Waals surface area contributed by atoms with E-state index in [9.17, 15) is 9.59 Å². The van der Waals surface area contributed by atoms with Gasteiger partial charge in [0.1, 0.15) is 0 Å². The molecule has 0 aliphatic carbocycles. The number of thioether (sulfide) groups is 1. The van der Waals surface area contributed by atoms with E-state index in [1.165, 1.54) is 0 Å². The van der Waals surface area contributed by atoms with Crippen molar-refractivity contribution in [2.24, 2.45) is 0 Å². The molecule has 1 aromatic carbocycles. The fraction of sp³-hybridized carbons (Fsp3) is 0.286. The molecule has 0 heterocycles. The van der Waals surface area contributed by atoms with E-state index >= 15 is 0 Å². The maximum Gasteiger partial charge on any atom is 0.303 e. The molecule has 0 aliphatic rings. The first-order chi connectivity index (χ1) is 9.13. The number of hydrogen-bond acceptors (Lipinski definition) is 3. The van der Waals surface area contributed by atoms with Crippen molar-refractivity contribution in [3.05, 3.63) is 36.9 Å². The summed E-state index contributed by atoms with van der Waals surface area (Å²) in [6, 6.07) is 7.53. The lowest BCUT2D eigenvalue weighted by Gasteiger charge is -2.09. The lowest BCUT2D eigenvalue weighted by atomic mass is 10.2. The van der Waals surface area contributed by atoms with Gasteiger partial charge in [-0.15, -0.1) is 18.3 Å². The Bertz CT molecular complexity index is 460. The third-order valence-electron chi connectivity index (χ3n) is 2.31. The number of carboxylic acids is 1. The van der Waals surface area contributed by atoms with E-state index in [1.807, 2.05) is 24.3 Å². The van der Waals surface area contributed by atoms with Crippen LogP contribution < -0.4 is 5.32 Å². The zero-order valence-electron chi connectivity index (χ0n) is 10.6. The minimum Gasteiger partial charge on any atom is -0.481 e. The van der Waals surface area contributed by atoms with E-state index in [-0.39, 0.29) is 18.7 Å². The summed E-state index contributed by atoms with van der Waals surface area (Å²) < 4.78 is 0. The van der Waals surface area contributed by atoms with E-state index in [2.05, 4.69) is 11.9 Å². The van der Waals surface area contributed by atoms with Crippen molar-refractivity contribution in [2.45, 2.75) is 24.2 Å². The number of amides is 1. The van der Waals surface area contributed by atoms with Crippen molar-refractivity contribution in [1.82, 2.24) is 0 Å². The van der Waals surface area contributed by atoms with Crippen LogP contribution in [0.4, 0.5) is 5.69 Å². The van der Waals surface area contributed by atoms with E-state index < -0.39 is 5.97 Å². The normalized spacial score (nSPS) is 9.89. The van der Waals surface area contributed by atoms with Gasteiger partial charge in [-0.05, 0) is 18.6 Å². The summed E-state index contributed by atoms with van der Waals surface area (Å²) in [6.07, 6.45) is 2.38. The first-order valence-corrected chi connectivity index (χ1v) is 6.96. The zero-order valence-corrected chi connectivity index (χ0v) is 11.4. The molecule has 0 saturated carbocycles. The van der Waals surface area contributed by atoms with Crippen LogP contribution in [0.15, 0.2) is 41.8 Å². The Morgan fingerprint density at radius 2 is 2.05 bits per heavy atom. The van der Waals surface area contributed by atoms with Crippen LogP contribution in [0, 0.1) is 0 Å². The Morgan fingerprint density at radius 3 is 2.74 bits per heavy atom. The van der Waals surface area contributed by atoms with Crippen molar-refractivity contribution in [3.8, 4) is 0 Å². The first-order valence-electron chi connectivity index (χ1n) is 5.98. The Morgan fingerprint density at radius 1 is 1.32 bits per heavy atom. The number of para-hydroxylation sites is 1. The topological polar surface area (TPSA) is 66.4 Å². The summed E-state index contributed by atoms with van der Waals surface area (Å²) in [5.41, 5.74) is 0.759. The van der Waals surface area contributed by atoms with E-state index in [4.69, 9.17) is 5.11 Å². The number of rotatable bonds is 8. The van der Waals surface area contributed by atoms with Gasteiger partial charge >= 0.3 is 5.97 Å². The second-order valence-corrected chi connectivity index (χ2v) is 4.95. The van der Waals surface area contributed by atoms with Gasteiger partial charge in [0.2, 0.25) is 5.91 Å². The van der Waals surface area contributed by atoms with Crippen LogP contribution in [0.3, 0.4) is 0 Å². The Hall–Kier alpha value is -1.75. The van der Waals surface area contributed by atoms with Gasteiger partial charge in [-0.3, -0.25) is 9.59 Å². The third-order valence-corrected chi connectivity index (χ3v) is 3.38. The quantitative estimate of drug-likeness (QED) is 0.566. The number of anilines is 1. The second kappa shape index (κ2) is 8.37. The van der Waals surface area contributed by atoms with Crippen molar-refractivity contribution in [2.75, 3.05) is 11.1 Å². The molecule has 0 bridgehead atoms. The number of aliphatic carboxylic acids is 1. The molecule has 1 rings (SSSR count). The molecule has 0 unspecified atom stereocenters. The molecule has 0 radical (unpaired) electrons. The molecule has 0 aliphatic heterocycles. The van der Waals surface area contributed by atoms with Crippen molar-refractivity contribution < 1.29 is 14.7 Å². The molecule has 4 nitrogen and oxygen atoms in total. The monoisotopic (exact) mass is 279 g/mol. The lowest BCUT2D eigenvalue weighted by Crippen LogP contribution is -2.12. The van der Waals surface area contributed by atoms with Gasteiger partial charge in [0.15, 0.2) is 0 Å². The van der Waals surface area contributed by atoms with Gasteiger partial charge in [-0.1, -0.05) is 18.2 Å².